The Morgan fingerprint density at radius 1 is 0.657 bits per heavy atom. The molecule has 0 spiro atoms. The van der Waals surface area contributed by atoms with Crippen LogP contribution in [0.15, 0.2) is 48.5 Å². The number of nitrogens with two attached hydrogens (primary N) is 1. The fourth-order valence-electron chi connectivity index (χ4n) is 7.00. The lowest BCUT2D eigenvalue weighted by molar-refractivity contribution is -0.928. The summed E-state index contributed by atoms with van der Waals surface area (Å²) in [5.74, 6) is 3.48. The molecule has 0 radical (unpaired) electrons. The van der Waals surface area contributed by atoms with E-state index in [0.29, 0.717) is 6.54 Å². The number of hydrogen-bond donors (Lipinski definition) is 1. The minimum absolute atomic E-state index is 0.635. The predicted molar refractivity (Wildman–Crippen MR) is 149 cm³/mol. The van der Waals surface area contributed by atoms with Gasteiger partial charge in [0.2, 0.25) is 0 Å². The molecule has 0 amide bonds. The van der Waals surface area contributed by atoms with Crippen LogP contribution in [0.1, 0.15) is 61.8 Å². The molecule has 2 aromatic rings. The van der Waals surface area contributed by atoms with Crippen LogP contribution in [0, 0.1) is 30.6 Å². The molecule has 0 aromatic heterocycles. The van der Waals surface area contributed by atoms with Gasteiger partial charge in [-0.15, -0.1) is 0 Å². The van der Waals surface area contributed by atoms with Gasteiger partial charge in [-0.05, 0) is 61.8 Å². The van der Waals surface area contributed by atoms with Crippen molar-refractivity contribution in [1.82, 2.24) is 0 Å². The Hall–Kier alpha value is -1.68. The smallest absolute Gasteiger partial charge is 0.104 e. The Balaban J connectivity index is 1.25. The summed E-state index contributed by atoms with van der Waals surface area (Å²) in [6, 6.07) is 18.2. The van der Waals surface area contributed by atoms with E-state index in [1.165, 1.54) is 89.6 Å². The summed E-state index contributed by atoms with van der Waals surface area (Å²) in [4.78, 5) is 0. The van der Waals surface area contributed by atoms with Crippen LogP contribution in [0.25, 0.3) is 0 Å². The molecule has 0 aliphatic carbocycles. The zero-order chi connectivity index (χ0) is 25.1. The summed E-state index contributed by atoms with van der Waals surface area (Å²) in [5.41, 5.74) is 11.3. The number of aryl methyl sites for hydroxylation is 1. The Morgan fingerprint density at radius 2 is 1.00 bits per heavy atom. The Labute approximate surface area is 215 Å². The third kappa shape index (κ3) is 6.76. The fourth-order valence-corrected chi connectivity index (χ4v) is 7.00. The van der Waals surface area contributed by atoms with Crippen molar-refractivity contribution in [3.05, 3.63) is 70.8 Å². The van der Waals surface area contributed by atoms with E-state index >= 15 is 0 Å². The van der Waals surface area contributed by atoms with Crippen molar-refractivity contribution in [2.45, 2.75) is 66.1 Å². The lowest BCUT2D eigenvalue weighted by atomic mass is 9.70. The van der Waals surface area contributed by atoms with E-state index in [4.69, 9.17) is 5.73 Å². The highest BCUT2D eigenvalue weighted by Crippen LogP contribution is 2.39. The van der Waals surface area contributed by atoms with Crippen molar-refractivity contribution in [2.24, 2.45) is 29.4 Å². The summed E-state index contributed by atoms with van der Waals surface area (Å²) in [7, 11) is 4.95. The molecule has 2 saturated heterocycles. The first-order chi connectivity index (χ1) is 16.7. The monoisotopic (exact) mass is 477 g/mol. The molecule has 2 N–H and O–H groups in total. The van der Waals surface area contributed by atoms with Gasteiger partial charge in [0, 0.05) is 17.7 Å². The van der Waals surface area contributed by atoms with Crippen LogP contribution < -0.4 is 5.73 Å². The molecule has 192 valence electrons. The topological polar surface area (TPSA) is 26.0 Å². The molecule has 2 aliphatic rings. The molecule has 0 bridgehead atoms. The zero-order valence-corrected chi connectivity index (χ0v) is 23.2. The standard InChI is InChI=1S/C32H51N3/c1-25-6-8-29(9-7-25)23-34(4)18-14-31(15-19-34)26(2)27(3)32-16-20-35(5,21-17-32)24-30-12-10-28(22-33)11-13-30/h6-13,26-27,31-32H,14-24,33H2,1-5H3/q+2. The first kappa shape index (κ1) is 26.4. The van der Waals surface area contributed by atoms with E-state index in [1.54, 1.807) is 0 Å². The molecule has 2 aliphatic heterocycles. The van der Waals surface area contributed by atoms with E-state index in [-0.39, 0.29) is 0 Å². The average Bonchev–Trinajstić information content (AvgIpc) is 2.86. The summed E-state index contributed by atoms with van der Waals surface area (Å²) >= 11 is 0. The number of benzene rings is 2. The summed E-state index contributed by atoms with van der Waals surface area (Å²) in [6.45, 7) is 15.6. The maximum atomic E-state index is 5.78. The minimum atomic E-state index is 0.635. The van der Waals surface area contributed by atoms with E-state index in [9.17, 15) is 0 Å². The quantitative estimate of drug-likeness (QED) is 0.454. The normalized spacial score (nSPS) is 31.1. The SMILES string of the molecule is Cc1ccc(C[N+]2(C)CCC(C(C)C(C)C3CC[N+](C)(Cc4ccc(CN)cc4)CC3)CC2)cc1. The highest BCUT2D eigenvalue weighted by molar-refractivity contribution is 5.22. The lowest BCUT2D eigenvalue weighted by Gasteiger charge is -2.46. The molecule has 4 rings (SSSR count). The lowest BCUT2D eigenvalue weighted by Crippen LogP contribution is -2.51. The second kappa shape index (κ2) is 11.2. The Morgan fingerprint density at radius 3 is 1.37 bits per heavy atom. The van der Waals surface area contributed by atoms with Gasteiger partial charge in [0.15, 0.2) is 0 Å². The molecule has 35 heavy (non-hydrogen) atoms. The molecule has 2 unspecified atom stereocenters. The number of piperidine rings is 2. The van der Waals surface area contributed by atoms with E-state index in [2.05, 4.69) is 83.4 Å². The Kier molecular flexibility index (Phi) is 8.41. The van der Waals surface area contributed by atoms with Crippen molar-refractivity contribution >= 4 is 0 Å². The molecular weight excluding hydrogens is 426 g/mol. The van der Waals surface area contributed by atoms with Crippen molar-refractivity contribution in [3.8, 4) is 0 Å². The summed E-state index contributed by atoms with van der Waals surface area (Å²) in [6.07, 6.45) is 5.56. The summed E-state index contributed by atoms with van der Waals surface area (Å²) in [5, 5.41) is 0. The number of rotatable bonds is 8. The molecule has 3 nitrogen and oxygen atoms in total. The molecule has 2 aromatic carbocycles. The van der Waals surface area contributed by atoms with Crippen molar-refractivity contribution in [1.29, 1.82) is 0 Å². The second-order valence-electron chi connectivity index (χ2n) is 12.8. The first-order valence-electron chi connectivity index (χ1n) is 14.2. The van der Waals surface area contributed by atoms with Gasteiger partial charge in [0.1, 0.15) is 13.1 Å². The van der Waals surface area contributed by atoms with E-state index in [0.717, 1.165) is 30.2 Å². The van der Waals surface area contributed by atoms with Crippen LogP contribution >= 0.6 is 0 Å². The van der Waals surface area contributed by atoms with Gasteiger partial charge in [-0.3, -0.25) is 0 Å². The molecule has 2 fully saturated rings. The van der Waals surface area contributed by atoms with E-state index in [1.807, 2.05) is 0 Å². The third-order valence-electron chi connectivity index (χ3n) is 9.98. The second-order valence-corrected chi connectivity index (χ2v) is 12.8. The molecular formula is C32H51N3+2. The largest absolute Gasteiger partial charge is 0.326 e. The van der Waals surface area contributed by atoms with Crippen LogP contribution in [-0.2, 0) is 19.6 Å². The van der Waals surface area contributed by atoms with E-state index < -0.39 is 0 Å². The van der Waals surface area contributed by atoms with Crippen molar-refractivity contribution < 1.29 is 8.97 Å². The number of likely N-dealkylation sites (tertiary alicyclic amines) is 2. The van der Waals surface area contributed by atoms with Gasteiger partial charge in [-0.1, -0.05) is 67.9 Å². The van der Waals surface area contributed by atoms with Crippen LogP contribution in [-0.4, -0.2) is 49.2 Å². The fraction of sp³-hybridized carbons (Fsp3) is 0.625. The van der Waals surface area contributed by atoms with Crippen LogP contribution in [0.4, 0.5) is 0 Å². The van der Waals surface area contributed by atoms with Crippen LogP contribution in [0.3, 0.4) is 0 Å². The van der Waals surface area contributed by atoms with Gasteiger partial charge in [-0.25, -0.2) is 0 Å². The van der Waals surface area contributed by atoms with Gasteiger partial charge in [-0.2, -0.15) is 0 Å². The van der Waals surface area contributed by atoms with Gasteiger partial charge in [0.25, 0.3) is 0 Å². The maximum Gasteiger partial charge on any atom is 0.104 e. The number of quaternary nitrogens is 2. The minimum Gasteiger partial charge on any atom is -0.326 e. The van der Waals surface area contributed by atoms with Gasteiger partial charge in [0.05, 0.1) is 40.3 Å². The molecule has 2 heterocycles. The maximum absolute atomic E-state index is 5.78. The Bertz CT molecular complexity index is 916. The van der Waals surface area contributed by atoms with Gasteiger partial charge < -0.3 is 14.7 Å². The third-order valence-corrected chi connectivity index (χ3v) is 9.98. The summed E-state index contributed by atoms with van der Waals surface area (Å²) < 4.78 is 2.41. The average molecular weight is 478 g/mol. The van der Waals surface area contributed by atoms with Crippen molar-refractivity contribution in [3.63, 3.8) is 0 Å². The number of nitrogens with zero attached hydrogens (tertiary/aromatic N) is 2. The van der Waals surface area contributed by atoms with Crippen molar-refractivity contribution in [2.75, 3.05) is 40.3 Å². The number of hydrogen-bond acceptors (Lipinski definition) is 1. The predicted octanol–water partition coefficient (Wildman–Crippen LogP) is 6.14. The van der Waals surface area contributed by atoms with Crippen LogP contribution in [0.5, 0.6) is 0 Å². The first-order valence-corrected chi connectivity index (χ1v) is 14.2. The van der Waals surface area contributed by atoms with Crippen LogP contribution in [0.2, 0.25) is 0 Å². The molecule has 3 heteroatoms. The van der Waals surface area contributed by atoms with Gasteiger partial charge >= 0.3 is 0 Å². The highest BCUT2D eigenvalue weighted by atomic mass is 15.3. The molecule has 0 saturated carbocycles. The highest BCUT2D eigenvalue weighted by Gasteiger charge is 2.39. The zero-order valence-electron chi connectivity index (χ0n) is 23.2. The molecule has 2 atom stereocenters.